The van der Waals surface area contributed by atoms with Crippen LogP contribution in [0.2, 0.25) is 0 Å². The van der Waals surface area contributed by atoms with Crippen LogP contribution in [0.15, 0.2) is 11.6 Å². The van der Waals surface area contributed by atoms with Gasteiger partial charge in [0, 0.05) is 0 Å². The molecule has 3 rings (SSSR count). The first-order valence-corrected chi connectivity index (χ1v) is 4.57. The molecular weight excluding hydrogens is 152 g/mol. The van der Waals surface area contributed by atoms with E-state index in [9.17, 15) is 5.11 Å². The second kappa shape index (κ2) is 2.33. The van der Waals surface area contributed by atoms with E-state index >= 15 is 0 Å². The molecule has 0 aromatic carbocycles. The summed E-state index contributed by atoms with van der Waals surface area (Å²) in [5, 5.41) is 18.7. The van der Waals surface area contributed by atoms with Gasteiger partial charge in [-0.25, -0.2) is 0 Å². The summed E-state index contributed by atoms with van der Waals surface area (Å²) in [6.45, 7) is 4.47. The van der Waals surface area contributed by atoms with Gasteiger partial charge in [0.25, 0.3) is 0 Å². The molecule has 1 fully saturated rings. The van der Waals surface area contributed by atoms with Crippen LogP contribution in [-0.2, 0) is 0 Å². The van der Waals surface area contributed by atoms with Gasteiger partial charge in [-0.15, -0.1) is 0 Å². The third-order valence-electron chi connectivity index (χ3n) is 3.77. The van der Waals surface area contributed by atoms with Crippen LogP contribution in [0, 0.1) is 17.3 Å². The highest BCUT2D eigenvalue weighted by molar-refractivity contribution is 5.26. The topological polar surface area (TPSA) is 40.5 Å². The van der Waals surface area contributed by atoms with Gasteiger partial charge in [-0.3, -0.25) is 0 Å². The molecule has 2 N–H and O–H groups in total. The van der Waals surface area contributed by atoms with Gasteiger partial charge in [0.1, 0.15) is 0 Å². The smallest absolute Gasteiger partial charge is 0.0758 e. The molecule has 0 spiro atoms. The summed E-state index contributed by atoms with van der Waals surface area (Å²) >= 11 is 0. The lowest BCUT2D eigenvalue weighted by Gasteiger charge is -2.57. The Morgan fingerprint density at radius 3 is 2.67 bits per heavy atom. The molecule has 0 aromatic rings. The van der Waals surface area contributed by atoms with E-state index in [1.807, 2.05) is 6.08 Å². The van der Waals surface area contributed by atoms with Gasteiger partial charge in [-0.1, -0.05) is 19.9 Å². The maximum absolute atomic E-state index is 9.67. The standard InChI is InChI=1S/C10H16O2/c1-10(2)7-4-8(10)9(12)3-6(7)5-11/h3,7-9,11-12H,4-5H2,1-2H3/t7?,8?,9-/m1/s1. The molecule has 3 aliphatic carbocycles. The lowest BCUT2D eigenvalue weighted by atomic mass is 9.48. The SMILES string of the molecule is CC1(C)C2CC1[C@H](O)C=C2CO. The lowest BCUT2D eigenvalue weighted by Crippen LogP contribution is -2.54. The monoisotopic (exact) mass is 168 g/mol. The second-order valence-corrected chi connectivity index (χ2v) is 4.61. The van der Waals surface area contributed by atoms with E-state index in [0.717, 1.165) is 12.0 Å². The van der Waals surface area contributed by atoms with E-state index in [0.29, 0.717) is 11.8 Å². The fraction of sp³-hybridized carbons (Fsp3) is 0.800. The van der Waals surface area contributed by atoms with Crippen molar-refractivity contribution in [1.82, 2.24) is 0 Å². The predicted molar refractivity (Wildman–Crippen MR) is 46.6 cm³/mol. The summed E-state index contributed by atoms with van der Waals surface area (Å²) in [6.07, 6.45) is 2.57. The van der Waals surface area contributed by atoms with E-state index in [-0.39, 0.29) is 18.1 Å². The maximum Gasteiger partial charge on any atom is 0.0758 e. The summed E-state index contributed by atoms with van der Waals surface area (Å²) in [5.41, 5.74) is 1.24. The van der Waals surface area contributed by atoms with E-state index in [2.05, 4.69) is 13.8 Å². The summed E-state index contributed by atoms with van der Waals surface area (Å²) < 4.78 is 0. The second-order valence-electron chi connectivity index (χ2n) is 4.61. The fourth-order valence-corrected chi connectivity index (χ4v) is 2.78. The first kappa shape index (κ1) is 8.27. The molecule has 2 heteroatoms. The molecule has 0 saturated heterocycles. The van der Waals surface area contributed by atoms with Crippen molar-refractivity contribution in [2.24, 2.45) is 17.3 Å². The van der Waals surface area contributed by atoms with Gasteiger partial charge in [-0.05, 0) is 29.2 Å². The van der Waals surface area contributed by atoms with E-state index < -0.39 is 0 Å². The molecule has 0 aromatic heterocycles. The molecule has 1 saturated carbocycles. The number of aliphatic hydroxyl groups is 2. The maximum atomic E-state index is 9.67. The Kier molecular flexibility index (Phi) is 1.61. The van der Waals surface area contributed by atoms with Gasteiger partial charge in [0.05, 0.1) is 12.7 Å². The Bertz CT molecular complexity index is 230. The minimum absolute atomic E-state index is 0.109. The third kappa shape index (κ3) is 0.824. The normalized spacial score (nSPS) is 43.3. The molecule has 3 aliphatic rings. The molecule has 0 aliphatic heterocycles. The van der Waals surface area contributed by atoms with Crippen molar-refractivity contribution in [3.05, 3.63) is 11.6 Å². The summed E-state index contributed by atoms with van der Waals surface area (Å²) in [7, 11) is 0. The van der Waals surface area contributed by atoms with Crippen LogP contribution in [0.5, 0.6) is 0 Å². The van der Waals surface area contributed by atoms with E-state index in [1.165, 1.54) is 0 Å². The Morgan fingerprint density at radius 1 is 1.58 bits per heavy atom. The summed E-state index contributed by atoms with van der Waals surface area (Å²) in [4.78, 5) is 0. The number of rotatable bonds is 1. The van der Waals surface area contributed by atoms with Crippen molar-refractivity contribution in [2.75, 3.05) is 6.61 Å². The van der Waals surface area contributed by atoms with Crippen LogP contribution in [0.1, 0.15) is 20.3 Å². The minimum atomic E-state index is -0.327. The molecule has 2 nitrogen and oxygen atoms in total. The quantitative estimate of drug-likeness (QED) is 0.572. The van der Waals surface area contributed by atoms with Crippen LogP contribution < -0.4 is 0 Å². The first-order chi connectivity index (χ1) is 5.57. The molecule has 2 unspecified atom stereocenters. The van der Waals surface area contributed by atoms with E-state index in [1.54, 1.807) is 0 Å². The molecule has 0 amide bonds. The number of hydrogen-bond acceptors (Lipinski definition) is 2. The average molecular weight is 168 g/mol. The average Bonchev–Trinajstić information content (AvgIpc) is 2.02. The predicted octanol–water partition coefficient (Wildman–Crippen LogP) is 0.942. The van der Waals surface area contributed by atoms with Crippen LogP contribution >= 0.6 is 0 Å². The van der Waals surface area contributed by atoms with E-state index in [4.69, 9.17) is 5.11 Å². The van der Waals surface area contributed by atoms with Gasteiger partial charge < -0.3 is 10.2 Å². The molecule has 12 heavy (non-hydrogen) atoms. The highest BCUT2D eigenvalue weighted by Gasteiger charge is 2.54. The van der Waals surface area contributed by atoms with Crippen molar-refractivity contribution in [3.8, 4) is 0 Å². The zero-order chi connectivity index (χ0) is 8.93. The van der Waals surface area contributed by atoms with Crippen molar-refractivity contribution < 1.29 is 10.2 Å². The highest BCUT2D eigenvalue weighted by atomic mass is 16.3. The molecule has 2 bridgehead atoms. The van der Waals surface area contributed by atoms with Gasteiger partial charge in [-0.2, -0.15) is 0 Å². The van der Waals surface area contributed by atoms with Crippen molar-refractivity contribution in [1.29, 1.82) is 0 Å². The molecule has 3 atom stereocenters. The third-order valence-corrected chi connectivity index (χ3v) is 3.77. The lowest BCUT2D eigenvalue weighted by molar-refractivity contribution is -0.0802. The van der Waals surface area contributed by atoms with Crippen LogP contribution in [0.25, 0.3) is 0 Å². The number of fused-ring (bicyclic) bond motifs is 1. The molecular formula is C10H16O2. The minimum Gasteiger partial charge on any atom is -0.392 e. The van der Waals surface area contributed by atoms with Gasteiger partial charge >= 0.3 is 0 Å². The van der Waals surface area contributed by atoms with Gasteiger partial charge in [0.2, 0.25) is 0 Å². The molecule has 0 heterocycles. The zero-order valence-electron chi connectivity index (χ0n) is 7.62. The highest BCUT2D eigenvalue weighted by Crippen LogP contribution is 2.58. The number of aliphatic hydroxyl groups excluding tert-OH is 2. The largest absolute Gasteiger partial charge is 0.392 e. The molecule has 0 radical (unpaired) electrons. The van der Waals surface area contributed by atoms with Crippen molar-refractivity contribution >= 4 is 0 Å². The fourth-order valence-electron chi connectivity index (χ4n) is 2.78. The van der Waals surface area contributed by atoms with Crippen LogP contribution in [0.3, 0.4) is 0 Å². The Balaban J connectivity index is 2.30. The summed E-state index contributed by atoms with van der Waals surface area (Å²) in [6, 6.07) is 0. The molecule has 68 valence electrons. The Hall–Kier alpha value is -0.340. The van der Waals surface area contributed by atoms with Crippen LogP contribution in [0.4, 0.5) is 0 Å². The van der Waals surface area contributed by atoms with Crippen LogP contribution in [-0.4, -0.2) is 22.9 Å². The van der Waals surface area contributed by atoms with Gasteiger partial charge in [0.15, 0.2) is 0 Å². The summed E-state index contributed by atoms with van der Waals surface area (Å²) in [5.74, 6) is 0.925. The Morgan fingerprint density at radius 2 is 2.25 bits per heavy atom. The first-order valence-electron chi connectivity index (χ1n) is 4.57. The zero-order valence-corrected chi connectivity index (χ0v) is 7.62. The number of hydrogen-bond donors (Lipinski definition) is 2. The van der Waals surface area contributed by atoms with Crippen molar-refractivity contribution in [2.45, 2.75) is 26.4 Å². The van der Waals surface area contributed by atoms with Crippen molar-refractivity contribution in [3.63, 3.8) is 0 Å². The Labute approximate surface area is 72.9 Å².